The molecule has 0 aliphatic rings. The number of benzene rings is 2. The van der Waals surface area contributed by atoms with Gasteiger partial charge in [-0.05, 0) is 37.8 Å². The molecule has 1 unspecified atom stereocenters. The summed E-state index contributed by atoms with van der Waals surface area (Å²) < 4.78 is 0. The first-order chi connectivity index (χ1) is 8.65. The molecule has 0 aliphatic carbocycles. The predicted octanol–water partition coefficient (Wildman–Crippen LogP) is 3.94. The molecule has 0 saturated heterocycles. The van der Waals surface area contributed by atoms with Crippen LogP contribution in [-0.2, 0) is 6.42 Å². The van der Waals surface area contributed by atoms with Crippen molar-refractivity contribution in [2.24, 2.45) is 5.73 Å². The second kappa shape index (κ2) is 5.83. The highest BCUT2D eigenvalue weighted by atomic mass is 14.6. The van der Waals surface area contributed by atoms with Crippen molar-refractivity contribution in [2.45, 2.75) is 32.7 Å². The summed E-state index contributed by atoms with van der Waals surface area (Å²) in [7, 11) is 0. The monoisotopic (exact) mass is 239 g/mol. The van der Waals surface area contributed by atoms with Crippen LogP contribution in [0.5, 0.6) is 0 Å². The summed E-state index contributed by atoms with van der Waals surface area (Å²) in [5.74, 6) is 0. The van der Waals surface area contributed by atoms with Crippen molar-refractivity contribution >= 4 is 0 Å². The summed E-state index contributed by atoms with van der Waals surface area (Å²) in [6.07, 6.45) is 2.03. The number of aryl methyl sites for hydroxylation is 3. The van der Waals surface area contributed by atoms with Crippen LogP contribution in [0.25, 0.3) is 0 Å². The van der Waals surface area contributed by atoms with Crippen LogP contribution in [0.1, 0.15) is 34.7 Å². The van der Waals surface area contributed by atoms with E-state index in [1.807, 2.05) is 0 Å². The fourth-order valence-electron chi connectivity index (χ4n) is 2.17. The molecular weight excluding hydrogens is 218 g/mol. The summed E-state index contributed by atoms with van der Waals surface area (Å²) in [6.45, 7) is 4.23. The van der Waals surface area contributed by atoms with Crippen LogP contribution in [0.15, 0.2) is 48.5 Å². The molecule has 2 aromatic carbocycles. The molecule has 1 nitrogen and oxygen atoms in total. The zero-order chi connectivity index (χ0) is 13.0. The molecule has 1 atom stereocenters. The summed E-state index contributed by atoms with van der Waals surface area (Å²) in [5, 5.41) is 0. The van der Waals surface area contributed by atoms with Crippen LogP contribution in [0, 0.1) is 13.8 Å². The van der Waals surface area contributed by atoms with Crippen LogP contribution in [0.3, 0.4) is 0 Å². The molecule has 0 radical (unpaired) electrons. The van der Waals surface area contributed by atoms with E-state index < -0.39 is 0 Å². The van der Waals surface area contributed by atoms with E-state index in [1.54, 1.807) is 0 Å². The third-order valence-corrected chi connectivity index (χ3v) is 3.33. The molecule has 0 bridgehead atoms. The van der Waals surface area contributed by atoms with E-state index in [4.69, 9.17) is 5.73 Å². The highest BCUT2D eigenvalue weighted by Gasteiger charge is 2.05. The zero-order valence-electron chi connectivity index (χ0n) is 11.2. The Labute approximate surface area is 110 Å². The van der Waals surface area contributed by atoms with E-state index in [0.717, 1.165) is 12.8 Å². The number of hydrogen-bond acceptors (Lipinski definition) is 1. The smallest absolute Gasteiger partial charge is 0.0298 e. The molecule has 0 spiro atoms. The Balaban J connectivity index is 1.96. The Bertz CT molecular complexity index is 499. The van der Waals surface area contributed by atoms with Gasteiger partial charge in [0.25, 0.3) is 0 Å². The van der Waals surface area contributed by atoms with Gasteiger partial charge in [-0.25, -0.2) is 0 Å². The fraction of sp³-hybridized carbons (Fsp3) is 0.294. The maximum atomic E-state index is 6.23. The number of rotatable bonds is 4. The van der Waals surface area contributed by atoms with Crippen molar-refractivity contribution in [3.63, 3.8) is 0 Å². The Morgan fingerprint density at radius 1 is 0.944 bits per heavy atom. The minimum absolute atomic E-state index is 0.131. The predicted molar refractivity (Wildman–Crippen MR) is 77.6 cm³/mol. The molecule has 0 saturated carbocycles. The maximum Gasteiger partial charge on any atom is 0.0298 e. The summed E-state index contributed by atoms with van der Waals surface area (Å²) in [6, 6.07) is 17.3. The maximum absolute atomic E-state index is 6.23. The molecule has 2 rings (SSSR count). The minimum atomic E-state index is 0.131. The van der Waals surface area contributed by atoms with Gasteiger partial charge in [0.05, 0.1) is 0 Å². The second-order valence-electron chi connectivity index (χ2n) is 5.04. The van der Waals surface area contributed by atoms with Crippen molar-refractivity contribution in [1.82, 2.24) is 0 Å². The fourth-order valence-corrected chi connectivity index (χ4v) is 2.17. The van der Waals surface area contributed by atoms with Gasteiger partial charge in [0, 0.05) is 6.04 Å². The topological polar surface area (TPSA) is 26.0 Å². The first-order valence-electron chi connectivity index (χ1n) is 6.53. The van der Waals surface area contributed by atoms with Gasteiger partial charge in [-0.1, -0.05) is 59.7 Å². The Morgan fingerprint density at radius 2 is 1.67 bits per heavy atom. The summed E-state index contributed by atoms with van der Waals surface area (Å²) >= 11 is 0. The van der Waals surface area contributed by atoms with Crippen molar-refractivity contribution in [2.75, 3.05) is 0 Å². The lowest BCUT2D eigenvalue weighted by Crippen LogP contribution is -2.11. The lowest BCUT2D eigenvalue weighted by Gasteiger charge is -2.12. The minimum Gasteiger partial charge on any atom is -0.324 e. The zero-order valence-corrected chi connectivity index (χ0v) is 11.2. The van der Waals surface area contributed by atoms with Crippen LogP contribution in [-0.4, -0.2) is 0 Å². The van der Waals surface area contributed by atoms with Crippen molar-refractivity contribution < 1.29 is 0 Å². The Hall–Kier alpha value is -1.60. The number of hydrogen-bond donors (Lipinski definition) is 1. The highest BCUT2D eigenvalue weighted by molar-refractivity contribution is 5.25. The first kappa shape index (κ1) is 12.8. The molecule has 2 aromatic rings. The van der Waals surface area contributed by atoms with E-state index in [-0.39, 0.29) is 6.04 Å². The van der Waals surface area contributed by atoms with Crippen molar-refractivity contribution in [3.05, 3.63) is 70.8 Å². The first-order valence-corrected chi connectivity index (χ1v) is 6.53. The van der Waals surface area contributed by atoms with E-state index >= 15 is 0 Å². The lowest BCUT2D eigenvalue weighted by atomic mass is 9.98. The molecular formula is C17H21N. The molecule has 18 heavy (non-hydrogen) atoms. The lowest BCUT2D eigenvalue weighted by molar-refractivity contribution is 0.651. The van der Waals surface area contributed by atoms with Gasteiger partial charge >= 0.3 is 0 Å². The van der Waals surface area contributed by atoms with Crippen molar-refractivity contribution in [3.8, 4) is 0 Å². The van der Waals surface area contributed by atoms with Gasteiger partial charge in [0.15, 0.2) is 0 Å². The van der Waals surface area contributed by atoms with Gasteiger partial charge < -0.3 is 5.73 Å². The van der Waals surface area contributed by atoms with Crippen LogP contribution >= 0.6 is 0 Å². The Kier molecular flexibility index (Phi) is 4.16. The quantitative estimate of drug-likeness (QED) is 0.859. The molecule has 0 amide bonds. The molecule has 0 aliphatic heterocycles. The standard InChI is InChI=1S/C17H21N/c1-13-6-9-16(10-7-13)17(18)11-8-15-5-3-4-14(2)12-15/h3-7,9-10,12,17H,8,11,18H2,1-2H3. The van der Waals surface area contributed by atoms with Gasteiger partial charge in [-0.2, -0.15) is 0 Å². The SMILES string of the molecule is Cc1ccc(C(N)CCc2cccc(C)c2)cc1. The average Bonchev–Trinajstić information content (AvgIpc) is 2.37. The number of nitrogens with two attached hydrogens (primary N) is 1. The van der Waals surface area contributed by atoms with Gasteiger partial charge in [-0.3, -0.25) is 0 Å². The third-order valence-electron chi connectivity index (χ3n) is 3.33. The molecule has 1 heteroatoms. The van der Waals surface area contributed by atoms with Crippen LogP contribution < -0.4 is 5.73 Å². The van der Waals surface area contributed by atoms with E-state index in [0.29, 0.717) is 0 Å². The van der Waals surface area contributed by atoms with E-state index in [9.17, 15) is 0 Å². The largest absolute Gasteiger partial charge is 0.324 e. The van der Waals surface area contributed by atoms with E-state index in [2.05, 4.69) is 62.4 Å². The second-order valence-corrected chi connectivity index (χ2v) is 5.04. The normalized spacial score (nSPS) is 12.4. The van der Waals surface area contributed by atoms with Gasteiger partial charge in [0.1, 0.15) is 0 Å². The Morgan fingerprint density at radius 3 is 2.33 bits per heavy atom. The molecule has 0 aromatic heterocycles. The molecule has 0 fully saturated rings. The average molecular weight is 239 g/mol. The van der Waals surface area contributed by atoms with Gasteiger partial charge in [-0.15, -0.1) is 0 Å². The van der Waals surface area contributed by atoms with Crippen LogP contribution in [0.2, 0.25) is 0 Å². The summed E-state index contributed by atoms with van der Waals surface area (Å²) in [4.78, 5) is 0. The molecule has 0 heterocycles. The van der Waals surface area contributed by atoms with Crippen molar-refractivity contribution in [1.29, 1.82) is 0 Å². The third kappa shape index (κ3) is 3.44. The van der Waals surface area contributed by atoms with Crippen LogP contribution in [0.4, 0.5) is 0 Å². The van der Waals surface area contributed by atoms with Gasteiger partial charge in [0.2, 0.25) is 0 Å². The highest BCUT2D eigenvalue weighted by Crippen LogP contribution is 2.17. The molecule has 94 valence electrons. The molecule has 2 N–H and O–H groups in total. The summed E-state index contributed by atoms with van der Waals surface area (Å²) in [5.41, 5.74) is 11.4. The van der Waals surface area contributed by atoms with E-state index in [1.165, 1.54) is 22.3 Å².